The topological polar surface area (TPSA) is 26.3 Å². The molecule has 5 unspecified atom stereocenters. The van der Waals surface area contributed by atoms with Gasteiger partial charge >= 0.3 is 12.1 Å². The van der Waals surface area contributed by atoms with Crippen LogP contribution >= 0.6 is 0 Å². The average molecular weight is 302 g/mol. The Bertz CT molecular complexity index is 471. The van der Waals surface area contributed by atoms with Crippen molar-refractivity contribution in [3.63, 3.8) is 0 Å². The van der Waals surface area contributed by atoms with Gasteiger partial charge in [0.1, 0.15) is 11.2 Å². The van der Waals surface area contributed by atoms with Crippen molar-refractivity contribution >= 4 is 5.97 Å². The lowest BCUT2D eigenvalue weighted by Gasteiger charge is -2.42. The van der Waals surface area contributed by atoms with Crippen LogP contribution in [-0.4, -0.2) is 17.7 Å². The number of halogens is 3. The number of carbonyl (C=O) groups is 1. The highest BCUT2D eigenvalue weighted by Crippen LogP contribution is 2.64. The van der Waals surface area contributed by atoms with E-state index in [0.29, 0.717) is 24.2 Å². The third-order valence-corrected chi connectivity index (χ3v) is 6.07. The summed E-state index contributed by atoms with van der Waals surface area (Å²) < 4.78 is 43.2. The van der Waals surface area contributed by atoms with E-state index in [0.717, 1.165) is 19.3 Å². The van der Waals surface area contributed by atoms with Crippen LogP contribution in [0.4, 0.5) is 13.2 Å². The predicted octanol–water partition coefficient (Wildman–Crippen LogP) is 4.25. The van der Waals surface area contributed by atoms with Crippen LogP contribution in [0.5, 0.6) is 0 Å². The maximum absolute atomic E-state index is 12.6. The zero-order valence-electron chi connectivity index (χ0n) is 12.2. The molecule has 0 aromatic carbocycles. The molecule has 21 heavy (non-hydrogen) atoms. The van der Waals surface area contributed by atoms with Crippen molar-refractivity contribution in [3.05, 3.63) is 12.2 Å². The van der Waals surface area contributed by atoms with Gasteiger partial charge in [0.2, 0.25) is 0 Å². The number of hydrogen-bond donors (Lipinski definition) is 0. The lowest BCUT2D eigenvalue weighted by atomic mass is 9.71. The van der Waals surface area contributed by atoms with Crippen molar-refractivity contribution in [1.82, 2.24) is 0 Å². The fraction of sp³-hybridized carbons (Fsp3) is 0.812. The Morgan fingerprint density at radius 1 is 1.33 bits per heavy atom. The first-order valence-corrected chi connectivity index (χ1v) is 7.78. The second kappa shape index (κ2) is 4.75. The molecule has 0 aliphatic heterocycles. The molecule has 2 bridgehead atoms. The summed E-state index contributed by atoms with van der Waals surface area (Å²) in [4.78, 5) is 11.8. The van der Waals surface area contributed by atoms with E-state index in [1.807, 2.05) is 6.92 Å². The molecule has 3 aliphatic carbocycles. The van der Waals surface area contributed by atoms with Crippen LogP contribution in [0.1, 0.15) is 45.4 Å². The number of hydrogen-bond acceptors (Lipinski definition) is 2. The van der Waals surface area contributed by atoms with E-state index >= 15 is 0 Å². The fourth-order valence-electron chi connectivity index (χ4n) is 5.17. The summed E-state index contributed by atoms with van der Waals surface area (Å²) in [6.45, 7) is 4.77. The quantitative estimate of drug-likeness (QED) is 0.575. The number of ether oxygens (including phenoxy) is 1. The zero-order valence-corrected chi connectivity index (χ0v) is 12.2. The molecule has 3 rings (SSSR count). The van der Waals surface area contributed by atoms with Gasteiger partial charge in [-0.05, 0) is 49.9 Å². The van der Waals surface area contributed by atoms with Gasteiger partial charge in [-0.1, -0.05) is 19.9 Å². The Morgan fingerprint density at radius 2 is 2.00 bits per heavy atom. The smallest absolute Gasteiger partial charge is 0.422 e. The van der Waals surface area contributed by atoms with Gasteiger partial charge in [-0.3, -0.25) is 0 Å². The van der Waals surface area contributed by atoms with Crippen LogP contribution in [0.25, 0.3) is 0 Å². The maximum Gasteiger partial charge on any atom is 0.422 e. The highest BCUT2D eigenvalue weighted by molar-refractivity contribution is 5.89. The number of esters is 1. The van der Waals surface area contributed by atoms with Crippen molar-refractivity contribution in [3.8, 4) is 0 Å². The monoisotopic (exact) mass is 302 g/mol. The Labute approximate surface area is 122 Å². The lowest BCUT2D eigenvalue weighted by Crippen LogP contribution is -2.45. The summed E-state index contributed by atoms with van der Waals surface area (Å²) in [6, 6.07) is 0. The fourth-order valence-corrected chi connectivity index (χ4v) is 5.17. The Kier molecular flexibility index (Phi) is 3.37. The van der Waals surface area contributed by atoms with Crippen LogP contribution in [0.2, 0.25) is 0 Å². The number of fused-ring (bicyclic) bond motifs is 5. The molecule has 5 heteroatoms. The minimum atomic E-state index is -4.71. The van der Waals surface area contributed by atoms with Gasteiger partial charge in [0.25, 0.3) is 0 Å². The molecule has 5 atom stereocenters. The molecule has 0 spiro atoms. The molecule has 0 aromatic heterocycles. The first-order valence-electron chi connectivity index (χ1n) is 7.78. The largest absolute Gasteiger partial charge is 0.455 e. The second-order valence-corrected chi connectivity index (χ2v) is 6.85. The van der Waals surface area contributed by atoms with Crippen molar-refractivity contribution in [2.45, 2.75) is 57.2 Å². The summed E-state index contributed by atoms with van der Waals surface area (Å²) >= 11 is 0. The predicted molar refractivity (Wildman–Crippen MR) is 71.4 cm³/mol. The van der Waals surface area contributed by atoms with Gasteiger partial charge in [-0.25, -0.2) is 4.79 Å². The van der Waals surface area contributed by atoms with Gasteiger partial charge in [-0.15, -0.1) is 0 Å². The van der Waals surface area contributed by atoms with Gasteiger partial charge < -0.3 is 4.74 Å². The van der Waals surface area contributed by atoms with E-state index in [1.165, 1.54) is 12.8 Å². The third kappa shape index (κ3) is 2.20. The van der Waals surface area contributed by atoms with E-state index in [2.05, 4.69) is 6.58 Å². The normalized spacial score (nSPS) is 41.1. The van der Waals surface area contributed by atoms with E-state index < -0.39 is 23.3 Å². The maximum atomic E-state index is 12.6. The summed E-state index contributed by atoms with van der Waals surface area (Å²) in [5.74, 6) is 0.723. The highest BCUT2D eigenvalue weighted by Gasteiger charge is 2.62. The molecular formula is C16H21F3O2. The van der Waals surface area contributed by atoms with E-state index in [1.54, 1.807) is 0 Å². The van der Waals surface area contributed by atoms with Crippen molar-refractivity contribution in [2.75, 3.05) is 0 Å². The van der Waals surface area contributed by atoms with Crippen LogP contribution < -0.4 is 0 Å². The van der Waals surface area contributed by atoms with Crippen molar-refractivity contribution in [2.24, 2.45) is 23.7 Å². The Hall–Kier alpha value is -1.00. The van der Waals surface area contributed by atoms with E-state index in [9.17, 15) is 18.0 Å². The minimum Gasteiger partial charge on any atom is -0.455 e. The summed E-state index contributed by atoms with van der Waals surface area (Å²) in [5.41, 5.74) is -2.08. The number of carbonyl (C=O) groups excluding carboxylic acids is 1. The standard InChI is InChI=1S/C16H21F3O2/c1-3-15(21-14(20)9(2)16(17,18)19)8-10-7-13(15)12-6-4-5-11(10)12/h10-13H,2-8H2,1H3. The first kappa shape index (κ1) is 14.9. The Balaban J connectivity index is 1.77. The molecule has 0 saturated heterocycles. The van der Waals surface area contributed by atoms with E-state index in [4.69, 9.17) is 4.74 Å². The van der Waals surface area contributed by atoms with E-state index in [-0.39, 0.29) is 5.92 Å². The van der Waals surface area contributed by atoms with Gasteiger partial charge in [0.15, 0.2) is 0 Å². The average Bonchev–Trinajstić information content (AvgIpc) is 3.07. The molecule has 0 N–H and O–H groups in total. The molecule has 0 heterocycles. The third-order valence-electron chi connectivity index (χ3n) is 6.07. The Morgan fingerprint density at radius 3 is 2.62 bits per heavy atom. The van der Waals surface area contributed by atoms with Gasteiger partial charge in [0, 0.05) is 5.92 Å². The van der Waals surface area contributed by atoms with Crippen molar-refractivity contribution in [1.29, 1.82) is 0 Å². The molecular weight excluding hydrogens is 281 g/mol. The molecule has 0 amide bonds. The molecule has 0 aromatic rings. The molecule has 3 aliphatic rings. The second-order valence-electron chi connectivity index (χ2n) is 6.85. The van der Waals surface area contributed by atoms with Crippen LogP contribution in [0.15, 0.2) is 12.2 Å². The SMILES string of the molecule is C=C(C(=O)OC1(CC)CC2CC1C1CCCC21)C(F)(F)F. The zero-order chi connectivity index (χ0) is 15.4. The molecule has 2 nitrogen and oxygen atoms in total. The number of rotatable bonds is 3. The van der Waals surface area contributed by atoms with Crippen LogP contribution in [-0.2, 0) is 9.53 Å². The summed E-state index contributed by atoms with van der Waals surface area (Å²) in [7, 11) is 0. The minimum absolute atomic E-state index is 0.241. The summed E-state index contributed by atoms with van der Waals surface area (Å²) in [5, 5.41) is 0. The molecule has 0 radical (unpaired) electrons. The summed E-state index contributed by atoms with van der Waals surface area (Å²) in [6.07, 6.45) is 1.18. The van der Waals surface area contributed by atoms with Crippen LogP contribution in [0, 0.1) is 23.7 Å². The highest BCUT2D eigenvalue weighted by atomic mass is 19.4. The van der Waals surface area contributed by atoms with Crippen molar-refractivity contribution < 1.29 is 22.7 Å². The molecule has 3 fully saturated rings. The van der Waals surface area contributed by atoms with Gasteiger partial charge in [-0.2, -0.15) is 13.2 Å². The van der Waals surface area contributed by atoms with Gasteiger partial charge in [0.05, 0.1) is 0 Å². The molecule has 3 saturated carbocycles. The lowest BCUT2D eigenvalue weighted by molar-refractivity contribution is -0.174. The number of alkyl halides is 3. The molecule has 118 valence electrons. The first-order chi connectivity index (χ1) is 9.78. The van der Waals surface area contributed by atoms with Crippen LogP contribution in [0.3, 0.4) is 0 Å².